The van der Waals surface area contributed by atoms with Crippen LogP contribution >= 0.6 is 0 Å². The molecule has 0 aromatic heterocycles. The van der Waals surface area contributed by atoms with Gasteiger partial charge in [-0.3, -0.25) is 14.4 Å². The lowest BCUT2D eigenvalue weighted by Gasteiger charge is -2.19. The Morgan fingerprint density at radius 1 is 1.43 bits per heavy atom. The van der Waals surface area contributed by atoms with E-state index in [1.807, 2.05) is 25.1 Å². The first-order valence-electron chi connectivity index (χ1n) is 6.85. The molecule has 1 heterocycles. The van der Waals surface area contributed by atoms with Crippen LogP contribution in [0.5, 0.6) is 0 Å². The zero-order valence-electron chi connectivity index (χ0n) is 12.7. The molecule has 120 valence electrons. The van der Waals surface area contributed by atoms with Crippen LogP contribution in [0.25, 0.3) is 0 Å². The number of carbonyl (C=O) groups excluding carboxylic acids is 2. The van der Waals surface area contributed by atoms with E-state index in [4.69, 9.17) is 5.11 Å². The van der Waals surface area contributed by atoms with E-state index >= 15 is 0 Å². The fourth-order valence-electron chi connectivity index (χ4n) is 2.38. The molecule has 8 nitrogen and oxygen atoms in total. The van der Waals surface area contributed by atoms with Crippen molar-refractivity contribution >= 4 is 23.5 Å². The van der Waals surface area contributed by atoms with Gasteiger partial charge < -0.3 is 20.2 Å². The lowest BCUT2D eigenvalue weighted by atomic mass is 10.0. The summed E-state index contributed by atoms with van der Waals surface area (Å²) in [7, 11) is 3.69. The van der Waals surface area contributed by atoms with E-state index in [0.29, 0.717) is 11.1 Å². The van der Waals surface area contributed by atoms with Crippen LogP contribution in [0.2, 0.25) is 0 Å². The molecule has 2 rings (SSSR count). The first kappa shape index (κ1) is 16.3. The largest absolute Gasteiger partial charge is 0.480 e. The molecule has 1 aliphatic heterocycles. The Balaban J connectivity index is 2.23. The molecule has 1 unspecified atom stereocenters. The Labute approximate surface area is 132 Å². The van der Waals surface area contributed by atoms with Crippen molar-refractivity contribution in [1.29, 1.82) is 5.26 Å². The number of nitriles is 1. The SMILES string of the molecule is CN(C)c1ccc2c(c1)C(C#N)N(CC(=O)NCC(=O)O)C2=O. The molecular weight excluding hydrogens is 300 g/mol. The van der Waals surface area contributed by atoms with Gasteiger partial charge in [0, 0.05) is 30.9 Å². The maximum Gasteiger partial charge on any atom is 0.322 e. The number of rotatable bonds is 5. The van der Waals surface area contributed by atoms with Gasteiger partial charge in [0.25, 0.3) is 5.91 Å². The quantitative estimate of drug-likeness (QED) is 0.789. The monoisotopic (exact) mass is 316 g/mol. The van der Waals surface area contributed by atoms with Gasteiger partial charge in [-0.2, -0.15) is 5.26 Å². The van der Waals surface area contributed by atoms with Crippen LogP contribution in [-0.4, -0.2) is 55.0 Å². The van der Waals surface area contributed by atoms with E-state index in [1.165, 1.54) is 0 Å². The fraction of sp³-hybridized carbons (Fsp3) is 0.333. The van der Waals surface area contributed by atoms with Crippen LogP contribution in [0.1, 0.15) is 22.0 Å². The Morgan fingerprint density at radius 2 is 2.13 bits per heavy atom. The fourth-order valence-corrected chi connectivity index (χ4v) is 2.38. The lowest BCUT2D eigenvalue weighted by molar-refractivity contribution is -0.138. The molecule has 0 fully saturated rings. The van der Waals surface area contributed by atoms with Gasteiger partial charge in [-0.15, -0.1) is 0 Å². The maximum atomic E-state index is 12.4. The third-order valence-electron chi connectivity index (χ3n) is 3.52. The van der Waals surface area contributed by atoms with E-state index < -0.39 is 30.4 Å². The van der Waals surface area contributed by atoms with E-state index in [-0.39, 0.29) is 6.54 Å². The minimum absolute atomic E-state index is 0.365. The van der Waals surface area contributed by atoms with Gasteiger partial charge in [0.2, 0.25) is 5.91 Å². The van der Waals surface area contributed by atoms with Gasteiger partial charge in [0.15, 0.2) is 0 Å². The van der Waals surface area contributed by atoms with Crippen LogP contribution in [0.15, 0.2) is 18.2 Å². The molecule has 0 aliphatic carbocycles. The van der Waals surface area contributed by atoms with Crippen LogP contribution in [0.3, 0.4) is 0 Å². The van der Waals surface area contributed by atoms with Crippen molar-refractivity contribution in [2.45, 2.75) is 6.04 Å². The normalized spacial score (nSPS) is 15.8. The summed E-state index contributed by atoms with van der Waals surface area (Å²) in [4.78, 5) is 37.6. The minimum atomic E-state index is -1.18. The highest BCUT2D eigenvalue weighted by Crippen LogP contribution is 2.35. The molecule has 0 saturated heterocycles. The maximum absolute atomic E-state index is 12.4. The number of carboxylic acid groups (broad SMARTS) is 1. The number of anilines is 1. The molecule has 1 aromatic carbocycles. The number of benzene rings is 1. The number of carboxylic acids is 1. The number of hydrogen-bond donors (Lipinski definition) is 2. The Bertz CT molecular complexity index is 708. The van der Waals surface area contributed by atoms with Gasteiger partial charge in [0.05, 0.1) is 6.07 Å². The van der Waals surface area contributed by atoms with Crippen LogP contribution in [0.4, 0.5) is 5.69 Å². The first-order chi connectivity index (χ1) is 10.8. The zero-order valence-corrected chi connectivity index (χ0v) is 12.7. The zero-order chi connectivity index (χ0) is 17.1. The molecule has 8 heteroatoms. The summed E-state index contributed by atoms with van der Waals surface area (Å²) in [5.74, 6) is -2.22. The number of nitrogens with zero attached hydrogens (tertiary/aromatic N) is 3. The number of fused-ring (bicyclic) bond motifs is 1. The first-order valence-corrected chi connectivity index (χ1v) is 6.85. The van der Waals surface area contributed by atoms with E-state index in [2.05, 4.69) is 5.32 Å². The molecule has 0 bridgehead atoms. The number of aliphatic carboxylic acids is 1. The summed E-state index contributed by atoms with van der Waals surface area (Å²) in [5, 5.41) is 20.1. The van der Waals surface area contributed by atoms with E-state index in [1.54, 1.807) is 18.2 Å². The molecule has 23 heavy (non-hydrogen) atoms. The average Bonchev–Trinajstić information content (AvgIpc) is 2.76. The second kappa shape index (κ2) is 6.36. The number of nitrogens with one attached hydrogen (secondary N) is 1. The van der Waals surface area contributed by atoms with Crippen molar-refractivity contribution in [1.82, 2.24) is 10.2 Å². The smallest absolute Gasteiger partial charge is 0.322 e. The molecular formula is C15H16N4O4. The Morgan fingerprint density at radius 3 is 2.70 bits per heavy atom. The predicted octanol–water partition coefficient (Wildman–Crippen LogP) is -0.0261. The number of hydrogen-bond acceptors (Lipinski definition) is 5. The van der Waals surface area contributed by atoms with Crippen molar-refractivity contribution in [3.8, 4) is 6.07 Å². The third kappa shape index (κ3) is 3.23. The highest BCUT2D eigenvalue weighted by Gasteiger charge is 2.38. The molecule has 1 aromatic rings. The van der Waals surface area contributed by atoms with E-state index in [0.717, 1.165) is 10.6 Å². The Hall–Kier alpha value is -3.08. The van der Waals surface area contributed by atoms with Crippen molar-refractivity contribution in [2.24, 2.45) is 0 Å². The summed E-state index contributed by atoms with van der Waals surface area (Å²) in [6.07, 6.45) is 0. The lowest BCUT2D eigenvalue weighted by Crippen LogP contribution is -2.40. The van der Waals surface area contributed by atoms with Crippen molar-refractivity contribution in [2.75, 3.05) is 32.1 Å². The highest BCUT2D eigenvalue weighted by molar-refractivity contribution is 6.02. The minimum Gasteiger partial charge on any atom is -0.480 e. The standard InChI is InChI=1S/C15H16N4O4/c1-18(2)9-3-4-10-11(5-9)12(6-16)19(15(10)23)8-13(20)17-7-14(21)22/h3-5,12H,7-8H2,1-2H3,(H,17,20)(H,21,22). The molecule has 0 radical (unpaired) electrons. The molecule has 0 spiro atoms. The number of carbonyl (C=O) groups is 3. The Kier molecular flexibility index (Phi) is 4.50. The summed E-state index contributed by atoms with van der Waals surface area (Å²) >= 11 is 0. The topological polar surface area (TPSA) is 114 Å². The molecule has 0 saturated carbocycles. The van der Waals surface area contributed by atoms with Crippen molar-refractivity contribution < 1.29 is 19.5 Å². The summed E-state index contributed by atoms with van der Waals surface area (Å²) in [6, 6.07) is 6.30. The predicted molar refractivity (Wildman–Crippen MR) is 80.8 cm³/mol. The van der Waals surface area contributed by atoms with Crippen molar-refractivity contribution in [3.63, 3.8) is 0 Å². The van der Waals surface area contributed by atoms with Gasteiger partial charge >= 0.3 is 5.97 Å². The second-order valence-corrected chi connectivity index (χ2v) is 5.30. The molecule has 1 aliphatic rings. The average molecular weight is 316 g/mol. The summed E-state index contributed by atoms with van der Waals surface area (Å²) < 4.78 is 0. The van der Waals surface area contributed by atoms with Gasteiger partial charge in [-0.05, 0) is 18.2 Å². The number of amides is 2. The van der Waals surface area contributed by atoms with Gasteiger partial charge in [-0.1, -0.05) is 0 Å². The van der Waals surface area contributed by atoms with Gasteiger partial charge in [-0.25, -0.2) is 0 Å². The third-order valence-corrected chi connectivity index (χ3v) is 3.52. The summed E-state index contributed by atoms with van der Waals surface area (Å²) in [6.45, 7) is -0.897. The van der Waals surface area contributed by atoms with Crippen LogP contribution in [-0.2, 0) is 9.59 Å². The molecule has 2 N–H and O–H groups in total. The van der Waals surface area contributed by atoms with Crippen LogP contribution < -0.4 is 10.2 Å². The van der Waals surface area contributed by atoms with Gasteiger partial charge in [0.1, 0.15) is 19.1 Å². The van der Waals surface area contributed by atoms with Crippen LogP contribution in [0, 0.1) is 11.3 Å². The second-order valence-electron chi connectivity index (χ2n) is 5.30. The van der Waals surface area contributed by atoms with E-state index in [9.17, 15) is 19.6 Å². The molecule has 2 amide bonds. The summed E-state index contributed by atoms with van der Waals surface area (Å²) in [5.41, 5.74) is 1.77. The highest BCUT2D eigenvalue weighted by atomic mass is 16.4. The molecule has 1 atom stereocenters. The van der Waals surface area contributed by atoms with Crippen molar-refractivity contribution in [3.05, 3.63) is 29.3 Å².